The number of thioether (sulfide) groups is 1. The number of aromatic hydroxyl groups is 1. The number of amides is 1. The average Bonchev–Trinajstić information content (AvgIpc) is 3.43. The van der Waals surface area contributed by atoms with Crippen LogP contribution < -0.4 is 10.6 Å². The van der Waals surface area contributed by atoms with E-state index in [0.29, 0.717) is 22.1 Å². The standard InChI is InChI=1S/C24H33N7O4S/c1-3-5-10-25-21-18-22(28-24(27-21)36-11-4-2)31(30-29-18)17-12-16(19(33)20(17)34)23(35)26-13-14-6-8-15(32)9-7-14/h6-9,16-17,19-20,32-34H,3-5,10-13H2,1-2H3,(H,26,35)(H,25,27,28)/t16-,17+,19+,20-/m0/s1. The van der Waals surface area contributed by atoms with Crippen LogP contribution in [0, 0.1) is 5.92 Å². The summed E-state index contributed by atoms with van der Waals surface area (Å²) in [7, 11) is 0. The molecule has 36 heavy (non-hydrogen) atoms. The number of hydrogen-bond acceptors (Lipinski definition) is 10. The molecular weight excluding hydrogens is 482 g/mol. The Labute approximate surface area is 213 Å². The maximum Gasteiger partial charge on any atom is 0.226 e. The van der Waals surface area contributed by atoms with Crippen LogP contribution in [0.2, 0.25) is 0 Å². The normalized spacial score (nSPS) is 21.7. The Morgan fingerprint density at radius 2 is 1.92 bits per heavy atom. The molecule has 3 aromatic rings. The molecule has 1 aliphatic rings. The first-order valence-electron chi connectivity index (χ1n) is 12.3. The van der Waals surface area contributed by atoms with Gasteiger partial charge in [0.25, 0.3) is 0 Å². The molecule has 0 radical (unpaired) electrons. The average molecular weight is 516 g/mol. The fourth-order valence-corrected chi connectivity index (χ4v) is 4.94. The number of carbonyl (C=O) groups excluding carboxylic acids is 1. The lowest BCUT2D eigenvalue weighted by Gasteiger charge is -2.17. The largest absolute Gasteiger partial charge is 0.508 e. The zero-order valence-corrected chi connectivity index (χ0v) is 21.3. The second kappa shape index (κ2) is 11.8. The highest BCUT2D eigenvalue weighted by atomic mass is 32.2. The van der Waals surface area contributed by atoms with E-state index in [0.717, 1.165) is 37.1 Å². The molecule has 1 aromatic carbocycles. The number of benzene rings is 1. The lowest BCUT2D eigenvalue weighted by atomic mass is 10.0. The van der Waals surface area contributed by atoms with Crippen LogP contribution in [0.4, 0.5) is 5.82 Å². The first kappa shape index (κ1) is 26.1. The van der Waals surface area contributed by atoms with Gasteiger partial charge in [0.05, 0.1) is 18.1 Å². The third-order valence-corrected chi connectivity index (χ3v) is 7.32. The molecule has 4 rings (SSSR count). The monoisotopic (exact) mass is 515 g/mol. The molecule has 0 bridgehead atoms. The quantitative estimate of drug-likeness (QED) is 0.146. The molecule has 2 aromatic heterocycles. The number of fused-ring (bicyclic) bond motifs is 1. The summed E-state index contributed by atoms with van der Waals surface area (Å²) in [5.41, 5.74) is 1.77. The number of nitrogens with zero attached hydrogens (tertiary/aromatic N) is 5. The third kappa shape index (κ3) is 5.71. The van der Waals surface area contributed by atoms with Gasteiger partial charge < -0.3 is 26.0 Å². The van der Waals surface area contributed by atoms with Gasteiger partial charge in [-0.1, -0.05) is 49.4 Å². The van der Waals surface area contributed by atoms with E-state index in [9.17, 15) is 20.1 Å². The molecule has 0 aliphatic heterocycles. The van der Waals surface area contributed by atoms with Crippen LogP contribution in [-0.2, 0) is 11.3 Å². The van der Waals surface area contributed by atoms with Crippen molar-refractivity contribution in [2.75, 3.05) is 17.6 Å². The zero-order chi connectivity index (χ0) is 25.7. The molecule has 1 saturated carbocycles. The number of hydrogen-bond donors (Lipinski definition) is 5. The van der Waals surface area contributed by atoms with Gasteiger partial charge in [-0.25, -0.2) is 14.6 Å². The number of rotatable bonds is 11. The smallest absolute Gasteiger partial charge is 0.226 e. The second-order valence-electron chi connectivity index (χ2n) is 8.96. The van der Waals surface area contributed by atoms with Crippen molar-refractivity contribution in [2.24, 2.45) is 5.92 Å². The molecule has 4 atom stereocenters. The molecule has 12 heteroatoms. The Hall–Kier alpha value is -2.96. The topological polar surface area (TPSA) is 158 Å². The van der Waals surface area contributed by atoms with Crippen LogP contribution in [-0.4, -0.2) is 70.7 Å². The highest BCUT2D eigenvalue weighted by molar-refractivity contribution is 7.99. The Morgan fingerprint density at radius 1 is 1.14 bits per heavy atom. The van der Waals surface area contributed by atoms with E-state index < -0.39 is 24.2 Å². The number of nitrogens with one attached hydrogen (secondary N) is 2. The van der Waals surface area contributed by atoms with E-state index in [2.05, 4.69) is 44.8 Å². The number of phenols is 1. The van der Waals surface area contributed by atoms with Gasteiger partial charge >= 0.3 is 0 Å². The second-order valence-corrected chi connectivity index (χ2v) is 10.0. The Bertz CT molecular complexity index is 1170. The molecule has 11 nitrogen and oxygen atoms in total. The third-order valence-electron chi connectivity index (χ3n) is 6.27. The summed E-state index contributed by atoms with van der Waals surface area (Å²) in [6.07, 6.45) is 0.697. The predicted molar refractivity (Wildman–Crippen MR) is 137 cm³/mol. The minimum Gasteiger partial charge on any atom is -0.508 e. The van der Waals surface area contributed by atoms with Crippen molar-refractivity contribution >= 4 is 34.7 Å². The molecule has 0 spiro atoms. The van der Waals surface area contributed by atoms with Gasteiger partial charge in [0, 0.05) is 18.8 Å². The van der Waals surface area contributed by atoms with Crippen LogP contribution in [0.5, 0.6) is 5.75 Å². The highest BCUT2D eigenvalue weighted by Crippen LogP contribution is 2.37. The van der Waals surface area contributed by atoms with Crippen LogP contribution in [0.25, 0.3) is 11.2 Å². The highest BCUT2D eigenvalue weighted by Gasteiger charge is 2.47. The van der Waals surface area contributed by atoms with E-state index >= 15 is 0 Å². The number of unbranched alkanes of at least 4 members (excludes halogenated alkanes) is 1. The van der Waals surface area contributed by atoms with Crippen molar-refractivity contribution in [1.29, 1.82) is 0 Å². The van der Waals surface area contributed by atoms with Gasteiger partial charge in [0.2, 0.25) is 5.91 Å². The van der Waals surface area contributed by atoms with Gasteiger partial charge in [-0.2, -0.15) is 0 Å². The Balaban J connectivity index is 1.55. The van der Waals surface area contributed by atoms with Crippen molar-refractivity contribution in [3.8, 4) is 5.75 Å². The van der Waals surface area contributed by atoms with E-state index in [-0.39, 0.29) is 24.6 Å². The van der Waals surface area contributed by atoms with Gasteiger partial charge in [0.1, 0.15) is 11.9 Å². The van der Waals surface area contributed by atoms with Crippen molar-refractivity contribution < 1.29 is 20.1 Å². The van der Waals surface area contributed by atoms with Crippen LogP contribution in [0.15, 0.2) is 29.4 Å². The molecule has 0 saturated heterocycles. The lowest BCUT2D eigenvalue weighted by molar-refractivity contribution is -0.129. The zero-order valence-electron chi connectivity index (χ0n) is 20.5. The maximum absolute atomic E-state index is 12.9. The molecule has 1 amide bonds. The van der Waals surface area contributed by atoms with Crippen LogP contribution in [0.1, 0.15) is 51.1 Å². The first-order chi connectivity index (χ1) is 17.4. The number of aliphatic hydroxyl groups excluding tert-OH is 2. The number of phenolic OH excluding ortho intramolecular Hbond substituents is 1. The maximum atomic E-state index is 12.9. The van der Waals surface area contributed by atoms with Crippen molar-refractivity contribution in [3.05, 3.63) is 29.8 Å². The molecule has 5 N–H and O–H groups in total. The summed E-state index contributed by atoms with van der Waals surface area (Å²) in [5, 5.41) is 46.3. The van der Waals surface area contributed by atoms with Crippen molar-refractivity contribution in [2.45, 2.75) is 69.5 Å². The molecule has 0 unspecified atom stereocenters. The molecule has 1 fully saturated rings. The summed E-state index contributed by atoms with van der Waals surface area (Å²) in [4.78, 5) is 22.2. The van der Waals surface area contributed by atoms with E-state index in [1.165, 1.54) is 16.4 Å². The van der Waals surface area contributed by atoms with E-state index in [4.69, 9.17) is 0 Å². The Morgan fingerprint density at radius 3 is 2.64 bits per heavy atom. The number of aromatic nitrogens is 5. The minimum absolute atomic E-state index is 0.145. The van der Waals surface area contributed by atoms with Crippen molar-refractivity contribution in [3.63, 3.8) is 0 Å². The van der Waals surface area contributed by atoms with Gasteiger partial charge in [-0.05, 0) is 37.0 Å². The fourth-order valence-electron chi connectivity index (χ4n) is 4.24. The van der Waals surface area contributed by atoms with Crippen LogP contribution in [0.3, 0.4) is 0 Å². The molecule has 194 valence electrons. The van der Waals surface area contributed by atoms with Gasteiger partial charge in [-0.15, -0.1) is 5.10 Å². The summed E-state index contributed by atoms with van der Waals surface area (Å²) in [6.45, 7) is 5.18. The summed E-state index contributed by atoms with van der Waals surface area (Å²) in [5.74, 6) is 0.410. The Kier molecular flexibility index (Phi) is 8.60. The molecule has 2 heterocycles. The van der Waals surface area contributed by atoms with Crippen molar-refractivity contribution in [1.82, 2.24) is 30.3 Å². The minimum atomic E-state index is -1.26. The summed E-state index contributed by atoms with van der Waals surface area (Å²) < 4.78 is 1.51. The SMILES string of the molecule is CCCCNc1nc(SCCC)nc2c1nnn2[C@@H]1C[C@H](C(=O)NCc2ccc(O)cc2)[C@@H](O)[C@H]1O. The van der Waals surface area contributed by atoms with Gasteiger partial charge in [-0.3, -0.25) is 4.79 Å². The lowest BCUT2D eigenvalue weighted by Crippen LogP contribution is -2.38. The van der Waals surface area contributed by atoms with Gasteiger partial charge in [0.15, 0.2) is 22.1 Å². The summed E-state index contributed by atoms with van der Waals surface area (Å²) >= 11 is 1.53. The van der Waals surface area contributed by atoms with E-state index in [1.54, 1.807) is 24.3 Å². The van der Waals surface area contributed by atoms with E-state index in [1.807, 2.05) is 0 Å². The number of carbonyl (C=O) groups is 1. The number of aliphatic hydroxyl groups is 2. The molecule has 1 aliphatic carbocycles. The fraction of sp³-hybridized carbons (Fsp3) is 0.542. The van der Waals surface area contributed by atoms with Crippen LogP contribution >= 0.6 is 11.8 Å². The molecular formula is C24H33N7O4S. The number of anilines is 1. The predicted octanol–water partition coefficient (Wildman–Crippen LogP) is 2.24. The summed E-state index contributed by atoms with van der Waals surface area (Å²) in [6, 6.07) is 5.83. The first-order valence-corrected chi connectivity index (χ1v) is 13.3.